The van der Waals surface area contributed by atoms with Crippen molar-refractivity contribution >= 4 is 11.8 Å². The molecule has 0 atom stereocenters. The van der Waals surface area contributed by atoms with Crippen molar-refractivity contribution in [3.63, 3.8) is 0 Å². The first-order chi connectivity index (χ1) is 7.17. The topological polar surface area (TPSA) is 46.6 Å². The van der Waals surface area contributed by atoms with Crippen molar-refractivity contribution in [1.82, 2.24) is 5.06 Å². The highest BCUT2D eigenvalue weighted by atomic mass is 16.7. The third-order valence-corrected chi connectivity index (χ3v) is 2.05. The molecule has 4 nitrogen and oxygen atoms in total. The minimum atomic E-state index is -0.419. The van der Waals surface area contributed by atoms with Gasteiger partial charge in [-0.2, -0.15) is 0 Å². The minimum absolute atomic E-state index is 0.365. The fourth-order valence-corrected chi connectivity index (χ4v) is 1.41. The minimum Gasteiger partial charge on any atom is -0.267 e. The van der Waals surface area contributed by atoms with Gasteiger partial charge in [0.1, 0.15) is 0 Å². The van der Waals surface area contributed by atoms with Crippen LogP contribution in [0.1, 0.15) is 13.3 Å². The van der Waals surface area contributed by atoms with Crippen molar-refractivity contribution in [1.29, 1.82) is 0 Å². The van der Waals surface area contributed by atoms with Gasteiger partial charge in [-0.1, -0.05) is 18.2 Å². The molecular formula is C11H13NO3. The fourth-order valence-electron chi connectivity index (χ4n) is 1.41. The van der Waals surface area contributed by atoms with Crippen LogP contribution in [0.15, 0.2) is 36.0 Å². The van der Waals surface area contributed by atoms with Gasteiger partial charge in [-0.25, -0.2) is 0 Å². The van der Waals surface area contributed by atoms with Gasteiger partial charge in [0.25, 0.3) is 11.8 Å². The average Bonchev–Trinajstić information content (AvgIpc) is 2.43. The quantitative estimate of drug-likeness (QED) is 0.516. The second kappa shape index (κ2) is 4.70. The molecule has 0 unspecified atom stereocenters. The van der Waals surface area contributed by atoms with Crippen LogP contribution >= 0.6 is 0 Å². The first kappa shape index (κ1) is 11.4. The van der Waals surface area contributed by atoms with Crippen molar-refractivity contribution in [2.24, 2.45) is 0 Å². The molecule has 0 saturated heterocycles. The first-order valence-electron chi connectivity index (χ1n) is 4.57. The molecule has 0 aliphatic carbocycles. The maximum Gasteiger partial charge on any atom is 0.285 e. The second-order valence-corrected chi connectivity index (χ2v) is 2.97. The molecule has 0 radical (unpaired) electrons. The Balaban J connectivity index is 3.15. The number of hydrogen-bond donors (Lipinski definition) is 0. The number of rotatable bonds is 4. The number of imide groups is 1. The van der Waals surface area contributed by atoms with Gasteiger partial charge < -0.3 is 0 Å². The SMILES string of the molecule is C=CCC1=C(/C=C\C)C(=O)N(OC)C1=O. The summed E-state index contributed by atoms with van der Waals surface area (Å²) in [4.78, 5) is 28.0. The number of hydrogen-bond acceptors (Lipinski definition) is 3. The Labute approximate surface area is 88.5 Å². The summed E-state index contributed by atoms with van der Waals surface area (Å²) >= 11 is 0. The van der Waals surface area contributed by atoms with E-state index < -0.39 is 11.8 Å². The van der Waals surface area contributed by atoms with Crippen molar-refractivity contribution in [2.75, 3.05) is 7.11 Å². The number of carbonyl (C=O) groups excluding carboxylic acids is 2. The van der Waals surface area contributed by atoms with Crippen LogP contribution in [-0.4, -0.2) is 24.0 Å². The van der Waals surface area contributed by atoms with Crippen molar-refractivity contribution in [3.05, 3.63) is 36.0 Å². The summed E-state index contributed by atoms with van der Waals surface area (Å²) in [5.41, 5.74) is 0.805. The van der Waals surface area contributed by atoms with Crippen molar-refractivity contribution < 1.29 is 14.4 Å². The molecule has 0 bridgehead atoms. The number of allylic oxidation sites excluding steroid dienone is 2. The fraction of sp³-hybridized carbons (Fsp3) is 0.273. The Kier molecular flexibility index (Phi) is 3.57. The van der Waals surface area contributed by atoms with Gasteiger partial charge in [-0.05, 0) is 13.3 Å². The van der Waals surface area contributed by atoms with Crippen LogP contribution in [0.2, 0.25) is 0 Å². The van der Waals surface area contributed by atoms with Crippen LogP contribution in [0.5, 0.6) is 0 Å². The van der Waals surface area contributed by atoms with Gasteiger partial charge in [0.15, 0.2) is 0 Å². The molecule has 0 aromatic heterocycles. The molecule has 0 saturated carbocycles. The molecule has 80 valence electrons. The Bertz CT molecular complexity index is 366. The average molecular weight is 207 g/mol. The number of hydroxylamine groups is 2. The molecule has 1 aliphatic heterocycles. The largest absolute Gasteiger partial charge is 0.285 e. The van der Waals surface area contributed by atoms with Crippen molar-refractivity contribution in [3.8, 4) is 0 Å². The van der Waals surface area contributed by atoms with Crippen LogP contribution in [0.4, 0.5) is 0 Å². The van der Waals surface area contributed by atoms with E-state index in [9.17, 15) is 9.59 Å². The lowest BCUT2D eigenvalue weighted by molar-refractivity contribution is -0.178. The first-order valence-corrected chi connectivity index (χ1v) is 4.57. The van der Waals surface area contributed by atoms with E-state index in [1.807, 2.05) is 0 Å². The van der Waals surface area contributed by atoms with E-state index in [2.05, 4.69) is 6.58 Å². The van der Waals surface area contributed by atoms with Gasteiger partial charge >= 0.3 is 0 Å². The predicted octanol–water partition coefficient (Wildman–Crippen LogP) is 1.37. The standard InChI is InChI=1S/C11H13NO3/c1-4-6-8-9(7-5-2)11(14)12(15-3)10(8)13/h4-5,7H,1,6H2,2-3H3/b7-5-. The van der Waals surface area contributed by atoms with Gasteiger partial charge in [0.2, 0.25) is 0 Å². The van der Waals surface area contributed by atoms with Gasteiger partial charge in [0.05, 0.1) is 12.7 Å². The van der Waals surface area contributed by atoms with Crippen molar-refractivity contribution in [2.45, 2.75) is 13.3 Å². The van der Waals surface area contributed by atoms with Gasteiger partial charge in [-0.15, -0.1) is 11.6 Å². The van der Waals surface area contributed by atoms with Gasteiger partial charge in [0, 0.05) is 5.57 Å². The Morgan fingerprint density at radius 2 is 2.07 bits per heavy atom. The highest BCUT2D eigenvalue weighted by molar-refractivity contribution is 6.19. The molecule has 1 rings (SSSR count). The maximum atomic E-state index is 11.7. The normalized spacial score (nSPS) is 17.1. The summed E-state index contributed by atoms with van der Waals surface area (Å²) in [6, 6.07) is 0. The zero-order valence-corrected chi connectivity index (χ0v) is 8.82. The molecule has 0 fully saturated rings. The van der Waals surface area contributed by atoms with Crippen LogP contribution in [0.25, 0.3) is 0 Å². The van der Waals surface area contributed by atoms with E-state index in [-0.39, 0.29) is 0 Å². The summed E-state index contributed by atoms with van der Waals surface area (Å²) in [7, 11) is 1.29. The molecule has 1 aliphatic rings. The Morgan fingerprint density at radius 3 is 2.53 bits per heavy atom. The van der Waals surface area contributed by atoms with E-state index in [1.165, 1.54) is 7.11 Å². The third-order valence-electron chi connectivity index (χ3n) is 2.05. The molecule has 0 N–H and O–H groups in total. The molecule has 4 heteroatoms. The highest BCUT2D eigenvalue weighted by Crippen LogP contribution is 2.24. The molecule has 15 heavy (non-hydrogen) atoms. The molecule has 2 amide bonds. The third kappa shape index (κ3) is 1.89. The summed E-state index contributed by atoms with van der Waals surface area (Å²) in [5, 5.41) is 0.758. The van der Waals surface area contributed by atoms with Crippen LogP contribution in [-0.2, 0) is 14.4 Å². The lowest BCUT2D eigenvalue weighted by Crippen LogP contribution is -2.30. The van der Waals surface area contributed by atoms with Crippen LogP contribution in [0, 0.1) is 0 Å². The predicted molar refractivity (Wildman–Crippen MR) is 55.5 cm³/mol. The van der Waals surface area contributed by atoms with E-state index in [4.69, 9.17) is 4.84 Å². The smallest absolute Gasteiger partial charge is 0.267 e. The molecular weight excluding hydrogens is 194 g/mol. The van der Waals surface area contributed by atoms with E-state index in [0.29, 0.717) is 17.6 Å². The summed E-state index contributed by atoms with van der Waals surface area (Å²) in [6.07, 6.45) is 5.27. The van der Waals surface area contributed by atoms with E-state index in [0.717, 1.165) is 5.06 Å². The summed E-state index contributed by atoms with van der Waals surface area (Å²) in [5.74, 6) is -0.826. The van der Waals surface area contributed by atoms with E-state index in [1.54, 1.807) is 25.2 Å². The lowest BCUT2D eigenvalue weighted by Gasteiger charge is -2.09. The van der Waals surface area contributed by atoms with Crippen LogP contribution in [0.3, 0.4) is 0 Å². The van der Waals surface area contributed by atoms with E-state index >= 15 is 0 Å². The second-order valence-electron chi connectivity index (χ2n) is 2.97. The molecule has 0 aromatic rings. The van der Waals surface area contributed by atoms with Gasteiger partial charge in [-0.3, -0.25) is 14.4 Å². The monoisotopic (exact) mass is 207 g/mol. The lowest BCUT2D eigenvalue weighted by atomic mass is 10.1. The van der Waals surface area contributed by atoms with Crippen LogP contribution < -0.4 is 0 Å². The number of carbonyl (C=O) groups is 2. The maximum absolute atomic E-state index is 11.7. The molecule has 0 spiro atoms. The molecule has 0 aromatic carbocycles. The number of nitrogens with zero attached hydrogens (tertiary/aromatic N) is 1. The Hall–Kier alpha value is -1.68. The Morgan fingerprint density at radius 1 is 1.40 bits per heavy atom. The molecule has 1 heterocycles. The summed E-state index contributed by atoms with van der Waals surface area (Å²) < 4.78 is 0. The zero-order valence-electron chi connectivity index (χ0n) is 8.82. The zero-order chi connectivity index (χ0) is 11.4. The summed E-state index contributed by atoms with van der Waals surface area (Å²) in [6.45, 7) is 5.33. The highest BCUT2D eigenvalue weighted by Gasteiger charge is 2.36. The number of amides is 2.